The van der Waals surface area contributed by atoms with Crippen LogP contribution in [0.4, 0.5) is 0 Å². The van der Waals surface area contributed by atoms with Crippen LogP contribution in [-0.2, 0) is 0 Å². The second kappa shape index (κ2) is 6.36. The molecule has 0 radical (unpaired) electrons. The van der Waals surface area contributed by atoms with Crippen molar-refractivity contribution in [2.75, 3.05) is 45.8 Å². The predicted octanol–water partition coefficient (Wildman–Crippen LogP) is 1.55. The molecular weight excluding hydrogens is 222 g/mol. The molecule has 0 amide bonds. The second-order valence-electron chi connectivity index (χ2n) is 6.49. The van der Waals surface area contributed by atoms with Gasteiger partial charge >= 0.3 is 0 Å². The molecule has 2 saturated heterocycles. The summed E-state index contributed by atoms with van der Waals surface area (Å²) in [5.41, 5.74) is 0. The lowest BCUT2D eigenvalue weighted by molar-refractivity contribution is 0.168. The predicted molar refractivity (Wildman–Crippen MR) is 75.9 cm³/mol. The molecule has 1 unspecified atom stereocenters. The van der Waals surface area contributed by atoms with E-state index < -0.39 is 0 Å². The van der Waals surface area contributed by atoms with Crippen molar-refractivity contribution in [3.8, 4) is 0 Å². The number of likely N-dealkylation sites (tertiary alicyclic amines) is 1. The number of nitrogens with one attached hydrogen (secondary N) is 1. The molecular formula is C15H29N3. The van der Waals surface area contributed by atoms with Crippen molar-refractivity contribution in [3.63, 3.8) is 0 Å². The fraction of sp³-hybridized carbons (Fsp3) is 1.00. The van der Waals surface area contributed by atoms with Gasteiger partial charge in [0.15, 0.2) is 0 Å². The smallest absolute Gasteiger partial charge is 0.0107 e. The van der Waals surface area contributed by atoms with E-state index in [1.165, 1.54) is 84.3 Å². The first-order valence-corrected chi connectivity index (χ1v) is 8.09. The Hall–Kier alpha value is -0.120. The van der Waals surface area contributed by atoms with Gasteiger partial charge in [-0.2, -0.15) is 0 Å². The van der Waals surface area contributed by atoms with Crippen LogP contribution in [0.1, 0.15) is 38.5 Å². The molecule has 1 saturated carbocycles. The highest BCUT2D eigenvalue weighted by Crippen LogP contribution is 2.28. The summed E-state index contributed by atoms with van der Waals surface area (Å²) in [6.07, 6.45) is 8.82. The van der Waals surface area contributed by atoms with Crippen LogP contribution in [0.25, 0.3) is 0 Å². The van der Waals surface area contributed by atoms with Crippen LogP contribution in [-0.4, -0.2) is 61.7 Å². The van der Waals surface area contributed by atoms with Crippen molar-refractivity contribution in [2.45, 2.75) is 44.6 Å². The summed E-state index contributed by atoms with van der Waals surface area (Å²) in [6, 6.07) is 0.937. The van der Waals surface area contributed by atoms with E-state index in [1.807, 2.05) is 0 Å². The minimum atomic E-state index is 0.937. The van der Waals surface area contributed by atoms with Crippen molar-refractivity contribution in [2.24, 2.45) is 5.92 Å². The standard InChI is InChI=1S/C15H29N3/c1-2-4-15(5-3-1)18-9-6-14(13-18)12-17-10-7-16-8-11-17/h14-16H,1-13H2. The Bertz CT molecular complexity index is 244. The first-order chi connectivity index (χ1) is 8.92. The van der Waals surface area contributed by atoms with Gasteiger partial charge in [0.05, 0.1) is 0 Å². The molecule has 104 valence electrons. The van der Waals surface area contributed by atoms with Crippen molar-refractivity contribution >= 4 is 0 Å². The Kier molecular flexibility index (Phi) is 4.55. The molecule has 3 nitrogen and oxygen atoms in total. The van der Waals surface area contributed by atoms with Gasteiger partial charge in [-0.05, 0) is 31.7 Å². The Morgan fingerprint density at radius 2 is 1.67 bits per heavy atom. The molecule has 2 aliphatic heterocycles. The molecule has 0 aromatic heterocycles. The maximum atomic E-state index is 3.45. The SMILES string of the molecule is C1CCC(N2CCC(CN3CCNCC3)C2)CC1. The molecule has 0 aromatic carbocycles. The number of hydrogen-bond acceptors (Lipinski definition) is 3. The zero-order valence-corrected chi connectivity index (χ0v) is 11.7. The maximum Gasteiger partial charge on any atom is 0.0107 e. The third-order valence-electron chi connectivity index (χ3n) is 5.13. The number of rotatable bonds is 3. The second-order valence-corrected chi connectivity index (χ2v) is 6.49. The molecule has 1 N–H and O–H groups in total. The van der Waals surface area contributed by atoms with Crippen LogP contribution < -0.4 is 5.32 Å². The van der Waals surface area contributed by atoms with Crippen LogP contribution in [0, 0.1) is 5.92 Å². The van der Waals surface area contributed by atoms with E-state index in [9.17, 15) is 0 Å². The molecule has 1 aliphatic carbocycles. The van der Waals surface area contributed by atoms with Gasteiger partial charge in [0.2, 0.25) is 0 Å². The normalized spacial score (nSPS) is 33.0. The highest BCUT2D eigenvalue weighted by Gasteiger charge is 2.30. The number of nitrogens with zero attached hydrogens (tertiary/aromatic N) is 2. The zero-order chi connectivity index (χ0) is 12.2. The summed E-state index contributed by atoms with van der Waals surface area (Å²) in [4.78, 5) is 5.48. The van der Waals surface area contributed by atoms with Crippen LogP contribution >= 0.6 is 0 Å². The van der Waals surface area contributed by atoms with Gasteiger partial charge in [0.25, 0.3) is 0 Å². The first kappa shape index (κ1) is 12.9. The lowest BCUT2D eigenvalue weighted by Crippen LogP contribution is -2.45. The number of hydrogen-bond donors (Lipinski definition) is 1. The van der Waals surface area contributed by atoms with Gasteiger partial charge in [-0.1, -0.05) is 19.3 Å². The molecule has 18 heavy (non-hydrogen) atoms. The van der Waals surface area contributed by atoms with Gasteiger partial charge in [-0.15, -0.1) is 0 Å². The topological polar surface area (TPSA) is 18.5 Å². The average Bonchev–Trinajstić information content (AvgIpc) is 2.89. The summed E-state index contributed by atoms with van der Waals surface area (Å²) in [6.45, 7) is 9.03. The van der Waals surface area contributed by atoms with E-state index in [0.717, 1.165) is 12.0 Å². The van der Waals surface area contributed by atoms with E-state index in [0.29, 0.717) is 0 Å². The van der Waals surface area contributed by atoms with Crippen molar-refractivity contribution < 1.29 is 0 Å². The molecule has 0 spiro atoms. The lowest BCUT2D eigenvalue weighted by atomic mass is 9.94. The average molecular weight is 251 g/mol. The van der Waals surface area contributed by atoms with Gasteiger partial charge in [-0.25, -0.2) is 0 Å². The minimum Gasteiger partial charge on any atom is -0.314 e. The quantitative estimate of drug-likeness (QED) is 0.821. The van der Waals surface area contributed by atoms with E-state index in [2.05, 4.69) is 15.1 Å². The third-order valence-corrected chi connectivity index (χ3v) is 5.13. The highest BCUT2D eigenvalue weighted by atomic mass is 15.2. The molecule has 0 bridgehead atoms. The fourth-order valence-corrected chi connectivity index (χ4v) is 4.05. The summed E-state index contributed by atoms with van der Waals surface area (Å²) in [7, 11) is 0. The van der Waals surface area contributed by atoms with Gasteiger partial charge < -0.3 is 15.1 Å². The Morgan fingerprint density at radius 3 is 2.44 bits per heavy atom. The molecule has 0 aromatic rings. The third kappa shape index (κ3) is 3.25. The summed E-state index contributed by atoms with van der Waals surface area (Å²) in [5, 5.41) is 3.45. The Balaban J connectivity index is 1.42. The van der Waals surface area contributed by atoms with Gasteiger partial charge in [0.1, 0.15) is 0 Å². The Labute approximate surface area is 112 Å². The summed E-state index contributed by atoms with van der Waals surface area (Å²) >= 11 is 0. The molecule has 3 rings (SSSR count). The van der Waals surface area contributed by atoms with Crippen LogP contribution in [0.2, 0.25) is 0 Å². The monoisotopic (exact) mass is 251 g/mol. The lowest BCUT2D eigenvalue weighted by Gasteiger charge is -2.32. The molecule has 2 heterocycles. The van der Waals surface area contributed by atoms with Crippen molar-refractivity contribution in [3.05, 3.63) is 0 Å². The number of piperazine rings is 1. The first-order valence-electron chi connectivity index (χ1n) is 8.09. The Morgan fingerprint density at radius 1 is 0.889 bits per heavy atom. The van der Waals surface area contributed by atoms with Crippen LogP contribution in [0.3, 0.4) is 0 Å². The molecule has 3 fully saturated rings. The van der Waals surface area contributed by atoms with E-state index in [1.54, 1.807) is 0 Å². The van der Waals surface area contributed by atoms with E-state index in [4.69, 9.17) is 0 Å². The summed E-state index contributed by atoms with van der Waals surface area (Å²) < 4.78 is 0. The zero-order valence-electron chi connectivity index (χ0n) is 11.7. The van der Waals surface area contributed by atoms with E-state index >= 15 is 0 Å². The largest absolute Gasteiger partial charge is 0.314 e. The van der Waals surface area contributed by atoms with Crippen LogP contribution in [0.5, 0.6) is 0 Å². The molecule has 3 heteroatoms. The van der Waals surface area contributed by atoms with Crippen molar-refractivity contribution in [1.82, 2.24) is 15.1 Å². The maximum absolute atomic E-state index is 3.45. The van der Waals surface area contributed by atoms with Gasteiger partial charge in [0, 0.05) is 45.3 Å². The molecule has 3 aliphatic rings. The highest BCUT2D eigenvalue weighted by molar-refractivity contribution is 4.85. The summed E-state index contributed by atoms with van der Waals surface area (Å²) in [5.74, 6) is 0.949. The fourth-order valence-electron chi connectivity index (χ4n) is 4.05. The molecule has 1 atom stereocenters. The van der Waals surface area contributed by atoms with Crippen molar-refractivity contribution in [1.29, 1.82) is 0 Å². The van der Waals surface area contributed by atoms with Crippen LogP contribution in [0.15, 0.2) is 0 Å². The van der Waals surface area contributed by atoms with Gasteiger partial charge in [-0.3, -0.25) is 0 Å². The minimum absolute atomic E-state index is 0.937. The van der Waals surface area contributed by atoms with E-state index in [-0.39, 0.29) is 0 Å².